The third-order valence-electron chi connectivity index (χ3n) is 2.96. The molecule has 1 unspecified atom stereocenters. The van der Waals surface area contributed by atoms with Gasteiger partial charge in [-0.2, -0.15) is 0 Å². The Morgan fingerprint density at radius 1 is 1.38 bits per heavy atom. The van der Waals surface area contributed by atoms with E-state index >= 15 is 0 Å². The molecule has 2 nitrogen and oxygen atoms in total. The zero-order valence-electron chi connectivity index (χ0n) is 10.3. The van der Waals surface area contributed by atoms with E-state index in [1.54, 1.807) is 0 Å². The molecule has 1 aromatic heterocycles. The summed E-state index contributed by atoms with van der Waals surface area (Å²) < 4.78 is 5.76. The second kappa shape index (κ2) is 5.44. The molecule has 2 heteroatoms. The Hall–Kier alpha value is -0.890. The number of pyridine rings is 1. The SMILES string of the molecule is CC(C)Cc1cccc(C2CCCCO2)n1. The number of ether oxygens (including phenoxy) is 1. The van der Waals surface area contributed by atoms with Crippen molar-refractivity contribution in [1.29, 1.82) is 0 Å². The molecule has 1 atom stereocenters. The van der Waals surface area contributed by atoms with Crippen LogP contribution in [0.25, 0.3) is 0 Å². The van der Waals surface area contributed by atoms with Gasteiger partial charge >= 0.3 is 0 Å². The highest BCUT2D eigenvalue weighted by atomic mass is 16.5. The van der Waals surface area contributed by atoms with E-state index in [4.69, 9.17) is 9.72 Å². The smallest absolute Gasteiger partial charge is 0.0994 e. The summed E-state index contributed by atoms with van der Waals surface area (Å²) in [6.07, 6.45) is 4.88. The van der Waals surface area contributed by atoms with Gasteiger partial charge in [-0.15, -0.1) is 0 Å². The summed E-state index contributed by atoms with van der Waals surface area (Å²) in [5.41, 5.74) is 2.32. The summed E-state index contributed by atoms with van der Waals surface area (Å²) >= 11 is 0. The van der Waals surface area contributed by atoms with Gasteiger partial charge in [-0.3, -0.25) is 4.98 Å². The van der Waals surface area contributed by atoms with Crippen molar-refractivity contribution in [1.82, 2.24) is 4.98 Å². The lowest BCUT2D eigenvalue weighted by molar-refractivity contribution is 0.0122. The maximum atomic E-state index is 5.76. The average Bonchev–Trinajstić information content (AvgIpc) is 2.30. The molecule has 0 radical (unpaired) electrons. The van der Waals surface area contributed by atoms with Gasteiger partial charge in [0.1, 0.15) is 0 Å². The van der Waals surface area contributed by atoms with Crippen molar-refractivity contribution in [2.75, 3.05) is 6.61 Å². The van der Waals surface area contributed by atoms with Crippen LogP contribution in [-0.4, -0.2) is 11.6 Å². The zero-order chi connectivity index (χ0) is 11.4. The topological polar surface area (TPSA) is 22.1 Å². The molecule has 1 aliphatic heterocycles. The molecule has 2 rings (SSSR count). The predicted molar refractivity (Wildman–Crippen MR) is 65.3 cm³/mol. The molecule has 88 valence electrons. The van der Waals surface area contributed by atoms with Crippen LogP contribution in [-0.2, 0) is 11.2 Å². The van der Waals surface area contributed by atoms with Gasteiger partial charge < -0.3 is 4.74 Å². The molecule has 0 amide bonds. The van der Waals surface area contributed by atoms with E-state index in [1.165, 1.54) is 18.5 Å². The maximum Gasteiger partial charge on any atom is 0.0994 e. The highest BCUT2D eigenvalue weighted by Gasteiger charge is 2.17. The first kappa shape index (κ1) is 11.6. The summed E-state index contributed by atoms with van der Waals surface area (Å²) in [6, 6.07) is 6.32. The molecule has 0 bridgehead atoms. The van der Waals surface area contributed by atoms with Crippen molar-refractivity contribution in [3.8, 4) is 0 Å². The lowest BCUT2D eigenvalue weighted by atomic mass is 10.0. The first-order valence-electron chi connectivity index (χ1n) is 6.33. The zero-order valence-corrected chi connectivity index (χ0v) is 10.3. The molecule has 1 fully saturated rings. The number of hydrogen-bond acceptors (Lipinski definition) is 2. The van der Waals surface area contributed by atoms with Gasteiger partial charge in [0.2, 0.25) is 0 Å². The molecule has 0 saturated carbocycles. The molecule has 1 aliphatic rings. The monoisotopic (exact) mass is 219 g/mol. The summed E-state index contributed by atoms with van der Waals surface area (Å²) in [5.74, 6) is 0.662. The summed E-state index contributed by atoms with van der Waals surface area (Å²) in [6.45, 7) is 5.34. The molecular formula is C14H21NO. The van der Waals surface area contributed by atoms with Crippen LogP contribution in [0.15, 0.2) is 18.2 Å². The van der Waals surface area contributed by atoms with E-state index < -0.39 is 0 Å². The van der Waals surface area contributed by atoms with Crippen LogP contribution in [0.4, 0.5) is 0 Å². The lowest BCUT2D eigenvalue weighted by Crippen LogP contribution is -2.13. The molecule has 0 aliphatic carbocycles. The van der Waals surface area contributed by atoms with Gasteiger partial charge in [0, 0.05) is 12.3 Å². The van der Waals surface area contributed by atoms with Crippen LogP contribution < -0.4 is 0 Å². The van der Waals surface area contributed by atoms with Crippen molar-refractivity contribution in [3.05, 3.63) is 29.6 Å². The quantitative estimate of drug-likeness (QED) is 0.776. The predicted octanol–water partition coefficient (Wildman–Crippen LogP) is 3.52. The van der Waals surface area contributed by atoms with E-state index in [1.807, 2.05) is 0 Å². The fourth-order valence-electron chi connectivity index (χ4n) is 2.18. The van der Waals surface area contributed by atoms with Crippen molar-refractivity contribution in [2.45, 2.75) is 45.6 Å². The van der Waals surface area contributed by atoms with Gasteiger partial charge in [0.25, 0.3) is 0 Å². The Labute approximate surface area is 98.0 Å². The number of hydrogen-bond donors (Lipinski definition) is 0. The molecular weight excluding hydrogens is 198 g/mol. The molecule has 1 aromatic rings. The Morgan fingerprint density at radius 2 is 2.25 bits per heavy atom. The maximum absolute atomic E-state index is 5.76. The first-order valence-corrected chi connectivity index (χ1v) is 6.33. The minimum absolute atomic E-state index is 0.237. The summed E-state index contributed by atoms with van der Waals surface area (Å²) in [4.78, 5) is 4.71. The van der Waals surface area contributed by atoms with Crippen LogP contribution in [0, 0.1) is 5.92 Å². The molecule has 1 saturated heterocycles. The van der Waals surface area contributed by atoms with Gasteiger partial charge in [0.15, 0.2) is 0 Å². The highest BCUT2D eigenvalue weighted by Crippen LogP contribution is 2.26. The van der Waals surface area contributed by atoms with E-state index in [-0.39, 0.29) is 6.10 Å². The van der Waals surface area contributed by atoms with Crippen molar-refractivity contribution < 1.29 is 4.74 Å². The van der Waals surface area contributed by atoms with Crippen molar-refractivity contribution in [2.24, 2.45) is 5.92 Å². The van der Waals surface area contributed by atoms with Crippen LogP contribution in [0.3, 0.4) is 0 Å². The first-order chi connectivity index (χ1) is 7.75. The average molecular weight is 219 g/mol. The number of rotatable bonds is 3. The van der Waals surface area contributed by atoms with E-state index in [0.717, 1.165) is 25.1 Å². The Morgan fingerprint density at radius 3 is 2.94 bits per heavy atom. The Bertz CT molecular complexity index is 329. The summed E-state index contributed by atoms with van der Waals surface area (Å²) in [5, 5.41) is 0. The Kier molecular flexibility index (Phi) is 3.94. The van der Waals surface area contributed by atoms with Gasteiger partial charge in [0.05, 0.1) is 11.8 Å². The standard InChI is InChI=1S/C14H21NO/c1-11(2)10-12-6-5-7-13(15-12)14-8-3-4-9-16-14/h5-7,11,14H,3-4,8-10H2,1-2H3. The molecule has 16 heavy (non-hydrogen) atoms. The van der Waals surface area contributed by atoms with E-state index in [0.29, 0.717) is 5.92 Å². The second-order valence-corrected chi connectivity index (χ2v) is 5.01. The molecule has 0 N–H and O–H groups in total. The lowest BCUT2D eigenvalue weighted by Gasteiger charge is -2.22. The third-order valence-corrected chi connectivity index (χ3v) is 2.96. The second-order valence-electron chi connectivity index (χ2n) is 5.01. The van der Waals surface area contributed by atoms with Crippen LogP contribution in [0.2, 0.25) is 0 Å². The van der Waals surface area contributed by atoms with Crippen LogP contribution in [0.1, 0.15) is 50.6 Å². The van der Waals surface area contributed by atoms with E-state index in [9.17, 15) is 0 Å². The fraction of sp³-hybridized carbons (Fsp3) is 0.643. The largest absolute Gasteiger partial charge is 0.372 e. The third kappa shape index (κ3) is 3.05. The van der Waals surface area contributed by atoms with Crippen LogP contribution >= 0.6 is 0 Å². The van der Waals surface area contributed by atoms with Crippen molar-refractivity contribution in [3.63, 3.8) is 0 Å². The highest BCUT2D eigenvalue weighted by molar-refractivity contribution is 5.14. The van der Waals surface area contributed by atoms with Gasteiger partial charge in [-0.1, -0.05) is 19.9 Å². The van der Waals surface area contributed by atoms with Crippen LogP contribution in [0.5, 0.6) is 0 Å². The number of aromatic nitrogens is 1. The normalized spacial score (nSPS) is 21.3. The molecule has 0 spiro atoms. The number of nitrogens with zero attached hydrogens (tertiary/aromatic N) is 1. The minimum atomic E-state index is 0.237. The van der Waals surface area contributed by atoms with Gasteiger partial charge in [-0.05, 0) is 43.7 Å². The minimum Gasteiger partial charge on any atom is -0.372 e. The van der Waals surface area contributed by atoms with Crippen molar-refractivity contribution >= 4 is 0 Å². The summed E-state index contributed by atoms with van der Waals surface area (Å²) in [7, 11) is 0. The fourth-order valence-corrected chi connectivity index (χ4v) is 2.18. The van der Waals surface area contributed by atoms with Gasteiger partial charge in [-0.25, -0.2) is 0 Å². The Balaban J connectivity index is 2.08. The molecule has 0 aromatic carbocycles. The van der Waals surface area contributed by atoms with E-state index in [2.05, 4.69) is 32.0 Å². The molecule has 2 heterocycles.